The average molecular weight is 212 g/mol. The third-order valence-corrected chi connectivity index (χ3v) is 2.45. The predicted molar refractivity (Wildman–Crippen MR) is 61.1 cm³/mol. The minimum atomic E-state index is -0.137. The number of thiol groups is 1. The van der Waals surface area contributed by atoms with Gasteiger partial charge in [0.25, 0.3) is 0 Å². The molecule has 1 aromatic rings. The van der Waals surface area contributed by atoms with E-state index in [1.165, 1.54) is 0 Å². The van der Waals surface area contributed by atoms with Crippen molar-refractivity contribution >= 4 is 12.6 Å². The van der Waals surface area contributed by atoms with Gasteiger partial charge in [0.15, 0.2) is 0 Å². The van der Waals surface area contributed by atoms with Crippen molar-refractivity contribution in [2.24, 2.45) is 0 Å². The standard InChI is InChI=1S/C10H16N2OS/c1-8-7-9(2)12(10(13)11-8)5-3-4-6-14/h7,14H,3-6H2,1-2H3. The molecule has 0 radical (unpaired) electrons. The number of hydrogen-bond acceptors (Lipinski definition) is 3. The molecule has 1 heterocycles. The molecular formula is C10H16N2OS. The molecule has 0 fully saturated rings. The molecule has 0 aromatic carbocycles. The third kappa shape index (κ3) is 2.87. The zero-order valence-corrected chi connectivity index (χ0v) is 9.55. The van der Waals surface area contributed by atoms with E-state index in [2.05, 4.69) is 17.6 Å². The minimum Gasteiger partial charge on any atom is -0.297 e. The van der Waals surface area contributed by atoms with E-state index < -0.39 is 0 Å². The van der Waals surface area contributed by atoms with Crippen LogP contribution in [0.1, 0.15) is 24.2 Å². The maximum absolute atomic E-state index is 11.5. The molecule has 0 unspecified atom stereocenters. The highest BCUT2D eigenvalue weighted by Crippen LogP contribution is 2.00. The maximum Gasteiger partial charge on any atom is 0.347 e. The van der Waals surface area contributed by atoms with E-state index in [1.54, 1.807) is 4.57 Å². The lowest BCUT2D eigenvalue weighted by molar-refractivity contribution is 0.585. The molecular weight excluding hydrogens is 196 g/mol. The van der Waals surface area contributed by atoms with Crippen LogP contribution in [0, 0.1) is 13.8 Å². The van der Waals surface area contributed by atoms with Gasteiger partial charge >= 0.3 is 5.69 Å². The monoisotopic (exact) mass is 212 g/mol. The maximum atomic E-state index is 11.5. The van der Waals surface area contributed by atoms with Gasteiger partial charge in [0.1, 0.15) is 0 Å². The van der Waals surface area contributed by atoms with Crippen LogP contribution >= 0.6 is 12.6 Å². The lowest BCUT2D eigenvalue weighted by Gasteiger charge is -2.08. The van der Waals surface area contributed by atoms with Gasteiger partial charge in [-0.25, -0.2) is 4.79 Å². The van der Waals surface area contributed by atoms with Gasteiger partial charge in [-0.15, -0.1) is 0 Å². The number of aryl methyl sites for hydroxylation is 2. The van der Waals surface area contributed by atoms with Crippen molar-refractivity contribution < 1.29 is 0 Å². The fraction of sp³-hybridized carbons (Fsp3) is 0.600. The summed E-state index contributed by atoms with van der Waals surface area (Å²) in [5, 5.41) is 0. The van der Waals surface area contributed by atoms with Crippen LogP contribution in [0.3, 0.4) is 0 Å². The first-order valence-corrected chi connectivity index (χ1v) is 5.44. The Balaban J connectivity index is 2.81. The first-order chi connectivity index (χ1) is 6.65. The summed E-state index contributed by atoms with van der Waals surface area (Å²) in [5.41, 5.74) is 1.64. The van der Waals surface area contributed by atoms with Crippen molar-refractivity contribution in [2.75, 3.05) is 5.75 Å². The lowest BCUT2D eigenvalue weighted by atomic mass is 10.3. The molecule has 4 heteroatoms. The Morgan fingerprint density at radius 1 is 1.43 bits per heavy atom. The van der Waals surface area contributed by atoms with E-state index in [-0.39, 0.29) is 5.69 Å². The van der Waals surface area contributed by atoms with Gasteiger partial charge in [-0.1, -0.05) is 0 Å². The second-order valence-corrected chi connectivity index (χ2v) is 3.85. The summed E-state index contributed by atoms with van der Waals surface area (Å²) in [6.45, 7) is 4.53. The van der Waals surface area contributed by atoms with Crippen molar-refractivity contribution in [1.82, 2.24) is 9.55 Å². The second kappa shape index (κ2) is 5.20. The Kier molecular flexibility index (Phi) is 4.20. The number of hydrogen-bond donors (Lipinski definition) is 1. The SMILES string of the molecule is Cc1cc(C)n(CCCCS)c(=O)n1. The van der Waals surface area contributed by atoms with Crippen LogP contribution in [0.2, 0.25) is 0 Å². The first-order valence-electron chi connectivity index (χ1n) is 4.81. The molecule has 0 aliphatic rings. The first kappa shape index (κ1) is 11.3. The van der Waals surface area contributed by atoms with E-state index in [0.29, 0.717) is 0 Å². The third-order valence-electron chi connectivity index (χ3n) is 2.14. The van der Waals surface area contributed by atoms with E-state index in [9.17, 15) is 4.79 Å². The Labute approximate surface area is 89.6 Å². The summed E-state index contributed by atoms with van der Waals surface area (Å²) in [5.74, 6) is 0.868. The van der Waals surface area contributed by atoms with E-state index in [1.807, 2.05) is 19.9 Å². The highest BCUT2D eigenvalue weighted by atomic mass is 32.1. The summed E-state index contributed by atoms with van der Waals surface area (Å²) in [6, 6.07) is 1.93. The van der Waals surface area contributed by atoms with Crippen LogP contribution in [0.15, 0.2) is 10.9 Å². The van der Waals surface area contributed by atoms with Crippen LogP contribution in [0.4, 0.5) is 0 Å². The summed E-state index contributed by atoms with van der Waals surface area (Å²) in [4.78, 5) is 15.4. The van der Waals surface area contributed by atoms with Crippen LogP contribution in [-0.4, -0.2) is 15.3 Å². The van der Waals surface area contributed by atoms with Gasteiger partial charge in [-0.3, -0.25) is 4.57 Å². The van der Waals surface area contributed by atoms with Crippen molar-refractivity contribution in [3.05, 3.63) is 27.9 Å². The molecule has 0 atom stereocenters. The molecule has 0 saturated heterocycles. The van der Waals surface area contributed by atoms with Crippen LogP contribution < -0.4 is 5.69 Å². The number of unbranched alkanes of at least 4 members (excludes halogenated alkanes) is 1. The van der Waals surface area contributed by atoms with Crippen molar-refractivity contribution in [1.29, 1.82) is 0 Å². The van der Waals surface area contributed by atoms with Crippen molar-refractivity contribution in [3.8, 4) is 0 Å². The lowest BCUT2D eigenvalue weighted by Crippen LogP contribution is -2.25. The van der Waals surface area contributed by atoms with Crippen LogP contribution in [0.25, 0.3) is 0 Å². The highest BCUT2D eigenvalue weighted by molar-refractivity contribution is 7.80. The summed E-state index contributed by atoms with van der Waals surface area (Å²) in [7, 11) is 0. The molecule has 0 aliphatic heterocycles. The Morgan fingerprint density at radius 3 is 2.71 bits per heavy atom. The van der Waals surface area contributed by atoms with E-state index >= 15 is 0 Å². The Hall–Kier alpha value is -0.770. The highest BCUT2D eigenvalue weighted by Gasteiger charge is 2.01. The van der Waals surface area contributed by atoms with E-state index in [4.69, 9.17) is 0 Å². The minimum absolute atomic E-state index is 0.137. The zero-order chi connectivity index (χ0) is 10.6. The van der Waals surface area contributed by atoms with Gasteiger partial charge < -0.3 is 0 Å². The quantitative estimate of drug-likeness (QED) is 0.607. The number of nitrogens with zero attached hydrogens (tertiary/aromatic N) is 2. The summed E-state index contributed by atoms with van der Waals surface area (Å²) in [6.07, 6.45) is 2.01. The molecule has 0 saturated carbocycles. The normalized spacial score (nSPS) is 10.5. The Morgan fingerprint density at radius 2 is 2.14 bits per heavy atom. The molecule has 1 rings (SSSR count). The van der Waals surface area contributed by atoms with Gasteiger partial charge in [0, 0.05) is 17.9 Å². The molecule has 1 aromatic heterocycles. The van der Waals surface area contributed by atoms with Gasteiger partial charge in [-0.2, -0.15) is 17.6 Å². The fourth-order valence-electron chi connectivity index (χ4n) is 1.43. The topological polar surface area (TPSA) is 34.9 Å². The van der Waals surface area contributed by atoms with Gasteiger partial charge in [-0.05, 0) is 38.5 Å². The molecule has 0 spiro atoms. The predicted octanol–water partition coefficient (Wildman–Crippen LogP) is 1.57. The number of rotatable bonds is 4. The molecule has 14 heavy (non-hydrogen) atoms. The van der Waals surface area contributed by atoms with Crippen LogP contribution in [-0.2, 0) is 6.54 Å². The van der Waals surface area contributed by atoms with E-state index in [0.717, 1.165) is 36.5 Å². The molecule has 0 N–H and O–H groups in total. The smallest absolute Gasteiger partial charge is 0.297 e. The average Bonchev–Trinajstić information content (AvgIpc) is 2.09. The fourth-order valence-corrected chi connectivity index (χ4v) is 1.65. The van der Waals surface area contributed by atoms with Crippen molar-refractivity contribution in [3.63, 3.8) is 0 Å². The second-order valence-electron chi connectivity index (χ2n) is 3.40. The van der Waals surface area contributed by atoms with Gasteiger partial charge in [0.05, 0.1) is 0 Å². The van der Waals surface area contributed by atoms with Crippen molar-refractivity contribution in [2.45, 2.75) is 33.2 Å². The molecule has 0 amide bonds. The largest absolute Gasteiger partial charge is 0.347 e. The Bertz CT molecular complexity index is 360. The molecule has 3 nitrogen and oxygen atoms in total. The molecule has 78 valence electrons. The zero-order valence-electron chi connectivity index (χ0n) is 8.66. The van der Waals surface area contributed by atoms with Crippen LogP contribution in [0.5, 0.6) is 0 Å². The molecule has 0 aliphatic carbocycles. The molecule has 0 bridgehead atoms. The number of aromatic nitrogens is 2. The summed E-state index contributed by atoms with van der Waals surface area (Å²) < 4.78 is 1.72. The van der Waals surface area contributed by atoms with Gasteiger partial charge in [0.2, 0.25) is 0 Å². The summed E-state index contributed by atoms with van der Waals surface area (Å²) >= 11 is 4.13.